The van der Waals surface area contributed by atoms with Crippen LogP contribution < -0.4 is 10.6 Å². The number of nitrogens with one attached hydrogen (secondary N) is 2. The number of methoxy groups -OCH3 is 1. The van der Waals surface area contributed by atoms with Crippen molar-refractivity contribution in [3.63, 3.8) is 0 Å². The van der Waals surface area contributed by atoms with Crippen LogP contribution in [0.15, 0.2) is 60.7 Å². The molecule has 0 amide bonds. The molecule has 0 saturated heterocycles. The van der Waals surface area contributed by atoms with E-state index in [9.17, 15) is 4.79 Å². The van der Waals surface area contributed by atoms with E-state index in [0.29, 0.717) is 15.7 Å². The number of rotatable bonds is 5. The maximum Gasteiger partial charge on any atom is 0.340 e. The van der Waals surface area contributed by atoms with Gasteiger partial charge in [0.2, 0.25) is 0 Å². The van der Waals surface area contributed by atoms with Gasteiger partial charge in [0.1, 0.15) is 5.00 Å². The Bertz CT molecular complexity index is 1050. The first-order valence-corrected chi connectivity index (χ1v) is 11.4. The monoisotopic (exact) mass is 452 g/mol. The number of thiophene rings is 1. The molecule has 1 aromatic heterocycles. The second-order valence-electron chi connectivity index (χ2n) is 8.40. The topological polar surface area (TPSA) is 50.4 Å². The standard InChI is InChI=1S/C25H28N2O2S2/c1-16(17-11-13-19(14-12-17)25(2,3)4)26-24(30)27-22-20(23(28)29-5)15-21(31-22)18-9-7-6-8-10-18/h6-16H,1-5H3,(H2,26,27,30). The molecule has 0 saturated carbocycles. The molecule has 0 fully saturated rings. The Morgan fingerprint density at radius 2 is 1.71 bits per heavy atom. The summed E-state index contributed by atoms with van der Waals surface area (Å²) in [6.07, 6.45) is 0. The number of benzene rings is 2. The molecule has 0 bridgehead atoms. The molecule has 4 nitrogen and oxygen atoms in total. The van der Waals surface area contributed by atoms with Crippen molar-refractivity contribution in [1.29, 1.82) is 0 Å². The first-order valence-electron chi connectivity index (χ1n) is 10.1. The summed E-state index contributed by atoms with van der Waals surface area (Å²) in [6.45, 7) is 8.66. The molecule has 2 aromatic carbocycles. The molecule has 1 unspecified atom stereocenters. The molecule has 1 atom stereocenters. The number of carbonyl (C=O) groups excluding carboxylic acids is 1. The van der Waals surface area contributed by atoms with Crippen molar-refractivity contribution < 1.29 is 9.53 Å². The van der Waals surface area contributed by atoms with E-state index in [1.165, 1.54) is 24.0 Å². The highest BCUT2D eigenvalue weighted by molar-refractivity contribution is 7.80. The third-order valence-corrected chi connectivity index (χ3v) is 6.37. The molecule has 0 aliphatic heterocycles. The molecule has 3 rings (SSSR count). The zero-order valence-corrected chi connectivity index (χ0v) is 20.1. The number of thiocarbonyl (C=S) groups is 1. The van der Waals surface area contributed by atoms with Gasteiger partial charge in [0.25, 0.3) is 0 Å². The molecule has 162 valence electrons. The minimum Gasteiger partial charge on any atom is -0.465 e. The van der Waals surface area contributed by atoms with Gasteiger partial charge in [-0.15, -0.1) is 11.3 Å². The van der Waals surface area contributed by atoms with Crippen molar-refractivity contribution in [2.75, 3.05) is 12.4 Å². The molecule has 0 spiro atoms. The molecule has 1 heterocycles. The van der Waals surface area contributed by atoms with E-state index < -0.39 is 5.97 Å². The molecule has 0 aliphatic rings. The maximum atomic E-state index is 12.3. The predicted molar refractivity (Wildman–Crippen MR) is 134 cm³/mol. The van der Waals surface area contributed by atoms with E-state index in [1.807, 2.05) is 36.4 Å². The highest BCUT2D eigenvalue weighted by atomic mass is 32.1. The number of carbonyl (C=O) groups is 1. The Labute approximate surface area is 193 Å². The summed E-state index contributed by atoms with van der Waals surface area (Å²) in [5, 5.41) is 7.62. The summed E-state index contributed by atoms with van der Waals surface area (Å²) in [5.41, 5.74) is 4.06. The van der Waals surface area contributed by atoms with Crippen LogP contribution >= 0.6 is 23.6 Å². The Balaban J connectivity index is 1.75. The number of ether oxygens (including phenoxy) is 1. The molecular weight excluding hydrogens is 424 g/mol. The lowest BCUT2D eigenvalue weighted by Gasteiger charge is -2.21. The fraction of sp³-hybridized carbons (Fsp3) is 0.280. The summed E-state index contributed by atoms with van der Waals surface area (Å²) in [4.78, 5) is 13.3. The molecular formula is C25H28N2O2S2. The Morgan fingerprint density at radius 1 is 1.06 bits per heavy atom. The van der Waals surface area contributed by atoms with Crippen LogP contribution in [0.5, 0.6) is 0 Å². The quantitative estimate of drug-likeness (QED) is 0.340. The third-order valence-electron chi connectivity index (χ3n) is 5.05. The normalized spacial score (nSPS) is 12.2. The average molecular weight is 453 g/mol. The lowest BCUT2D eigenvalue weighted by Crippen LogP contribution is -2.31. The van der Waals surface area contributed by atoms with Crippen molar-refractivity contribution in [2.24, 2.45) is 0 Å². The summed E-state index contributed by atoms with van der Waals surface area (Å²) in [7, 11) is 1.38. The van der Waals surface area contributed by atoms with Crippen LogP contribution in [0.2, 0.25) is 0 Å². The first kappa shape index (κ1) is 23.0. The highest BCUT2D eigenvalue weighted by Gasteiger charge is 2.19. The van der Waals surface area contributed by atoms with Crippen LogP contribution in [0, 0.1) is 0 Å². The SMILES string of the molecule is COC(=O)c1cc(-c2ccccc2)sc1NC(=S)NC(C)c1ccc(C(C)(C)C)cc1. The fourth-order valence-electron chi connectivity index (χ4n) is 3.18. The molecule has 2 N–H and O–H groups in total. The van der Waals surface area contributed by atoms with Gasteiger partial charge in [-0.3, -0.25) is 0 Å². The predicted octanol–water partition coefficient (Wildman–Crippen LogP) is 6.55. The van der Waals surface area contributed by atoms with Crippen molar-refractivity contribution in [3.8, 4) is 10.4 Å². The zero-order valence-electron chi connectivity index (χ0n) is 18.5. The van der Waals surface area contributed by atoms with Gasteiger partial charge in [0, 0.05) is 4.88 Å². The minimum absolute atomic E-state index is 0.0177. The summed E-state index contributed by atoms with van der Waals surface area (Å²) < 4.78 is 4.96. The molecule has 31 heavy (non-hydrogen) atoms. The molecule has 6 heteroatoms. The third kappa shape index (κ3) is 5.71. The second kappa shape index (κ2) is 9.62. The van der Waals surface area contributed by atoms with Gasteiger partial charge in [-0.2, -0.15) is 0 Å². The number of hydrogen-bond acceptors (Lipinski definition) is 4. The van der Waals surface area contributed by atoms with Crippen LogP contribution in [0.25, 0.3) is 10.4 Å². The van der Waals surface area contributed by atoms with Gasteiger partial charge in [0.15, 0.2) is 5.11 Å². The maximum absolute atomic E-state index is 12.3. The van der Waals surface area contributed by atoms with Crippen LogP contribution in [0.3, 0.4) is 0 Å². The fourth-order valence-corrected chi connectivity index (χ4v) is 4.58. The van der Waals surface area contributed by atoms with E-state index in [4.69, 9.17) is 17.0 Å². The van der Waals surface area contributed by atoms with Crippen molar-refractivity contribution >= 4 is 39.6 Å². The van der Waals surface area contributed by atoms with Crippen LogP contribution in [0.4, 0.5) is 5.00 Å². The first-order chi connectivity index (χ1) is 14.7. The van der Waals surface area contributed by atoms with Crippen LogP contribution in [-0.2, 0) is 10.2 Å². The zero-order chi connectivity index (χ0) is 22.6. The van der Waals surface area contributed by atoms with Gasteiger partial charge < -0.3 is 15.4 Å². The van der Waals surface area contributed by atoms with Crippen LogP contribution in [-0.4, -0.2) is 18.2 Å². The van der Waals surface area contributed by atoms with Crippen molar-refractivity contribution in [2.45, 2.75) is 39.2 Å². The van der Waals surface area contributed by atoms with Gasteiger partial charge in [-0.05, 0) is 47.3 Å². The molecule has 0 aliphatic carbocycles. The Kier molecular flexibility index (Phi) is 7.13. The smallest absolute Gasteiger partial charge is 0.340 e. The molecule has 3 aromatic rings. The van der Waals surface area contributed by atoms with E-state index in [1.54, 1.807) is 0 Å². The lowest BCUT2D eigenvalue weighted by atomic mass is 9.86. The van der Waals surface area contributed by atoms with Gasteiger partial charge in [0.05, 0.1) is 18.7 Å². The average Bonchev–Trinajstić information content (AvgIpc) is 3.16. The largest absolute Gasteiger partial charge is 0.465 e. The number of hydrogen-bond donors (Lipinski definition) is 2. The van der Waals surface area contributed by atoms with Crippen LogP contribution in [0.1, 0.15) is 55.2 Å². The molecule has 0 radical (unpaired) electrons. The van der Waals surface area contributed by atoms with Crippen molar-refractivity contribution in [3.05, 3.63) is 77.4 Å². The lowest BCUT2D eigenvalue weighted by molar-refractivity contribution is 0.0602. The van der Waals surface area contributed by atoms with Crippen molar-refractivity contribution in [1.82, 2.24) is 5.32 Å². The summed E-state index contributed by atoms with van der Waals surface area (Å²) in [6, 6.07) is 20.3. The highest BCUT2D eigenvalue weighted by Crippen LogP contribution is 2.36. The van der Waals surface area contributed by atoms with E-state index >= 15 is 0 Å². The minimum atomic E-state index is -0.394. The van der Waals surface area contributed by atoms with E-state index in [-0.39, 0.29) is 11.5 Å². The van der Waals surface area contributed by atoms with Gasteiger partial charge in [-0.25, -0.2) is 4.79 Å². The van der Waals surface area contributed by atoms with E-state index in [2.05, 4.69) is 62.6 Å². The Hall–Kier alpha value is -2.70. The summed E-state index contributed by atoms with van der Waals surface area (Å²) in [5.74, 6) is -0.394. The number of esters is 1. The number of anilines is 1. The summed E-state index contributed by atoms with van der Waals surface area (Å²) >= 11 is 7.01. The van der Waals surface area contributed by atoms with Gasteiger partial charge >= 0.3 is 5.97 Å². The second-order valence-corrected chi connectivity index (χ2v) is 9.86. The van der Waals surface area contributed by atoms with Gasteiger partial charge in [-0.1, -0.05) is 75.4 Å². The Morgan fingerprint density at radius 3 is 2.29 bits per heavy atom. The van der Waals surface area contributed by atoms with E-state index in [0.717, 1.165) is 16.0 Å².